The second kappa shape index (κ2) is 7.42. The molecule has 3 rings (SSSR count). The molecule has 3 heteroatoms. The molecule has 0 saturated heterocycles. The monoisotopic (exact) mass is 350 g/mol. The summed E-state index contributed by atoms with van der Waals surface area (Å²) in [4.78, 5) is 13.7. The summed E-state index contributed by atoms with van der Waals surface area (Å²) < 4.78 is 5.65. The lowest BCUT2D eigenvalue weighted by Gasteiger charge is -2.32. The van der Waals surface area contributed by atoms with Crippen molar-refractivity contribution in [2.45, 2.75) is 24.2 Å². The molecule has 0 spiro atoms. The summed E-state index contributed by atoms with van der Waals surface area (Å²) in [5, 5.41) is 0.145. The van der Waals surface area contributed by atoms with E-state index in [9.17, 15) is 4.79 Å². The van der Waals surface area contributed by atoms with Crippen molar-refractivity contribution in [3.8, 4) is 0 Å². The predicted molar refractivity (Wildman–Crippen MR) is 106 cm³/mol. The van der Waals surface area contributed by atoms with Gasteiger partial charge in [-0.15, -0.1) is 18.3 Å². The number of fused-ring (bicyclic) bond motifs is 1. The minimum atomic E-state index is -0.428. The number of ketones is 1. The largest absolute Gasteiger partial charge is 0.374 e. The van der Waals surface area contributed by atoms with Gasteiger partial charge in [-0.3, -0.25) is 4.79 Å². The first kappa shape index (κ1) is 17.7. The highest BCUT2D eigenvalue weighted by Gasteiger charge is 2.31. The molecule has 0 amide bonds. The molecule has 1 heterocycles. The third-order valence-electron chi connectivity index (χ3n) is 4.65. The number of rotatable bonds is 6. The van der Waals surface area contributed by atoms with E-state index in [0.717, 1.165) is 22.5 Å². The van der Waals surface area contributed by atoms with Crippen LogP contribution in [0.1, 0.15) is 40.1 Å². The molecule has 128 valence electrons. The quantitative estimate of drug-likeness (QED) is 0.495. The molecule has 0 saturated carbocycles. The topological polar surface area (TPSA) is 26.3 Å². The van der Waals surface area contributed by atoms with Gasteiger partial charge in [0.15, 0.2) is 5.78 Å². The van der Waals surface area contributed by atoms with Gasteiger partial charge in [0.25, 0.3) is 0 Å². The van der Waals surface area contributed by atoms with E-state index < -0.39 is 5.60 Å². The normalized spacial score (nSPS) is 18.6. The van der Waals surface area contributed by atoms with E-state index in [1.807, 2.05) is 61.5 Å². The Balaban J connectivity index is 1.96. The molecule has 2 aromatic carbocycles. The Morgan fingerprint density at radius 1 is 1.20 bits per heavy atom. The molecule has 0 fully saturated rings. The maximum Gasteiger partial charge on any atom is 0.199 e. The van der Waals surface area contributed by atoms with Crippen molar-refractivity contribution in [2.24, 2.45) is 0 Å². The number of benzene rings is 2. The van der Waals surface area contributed by atoms with Crippen molar-refractivity contribution in [1.29, 1.82) is 0 Å². The van der Waals surface area contributed by atoms with Gasteiger partial charge in [0.05, 0.1) is 10.5 Å². The number of carbonyl (C=O) groups excluding carboxylic acids is 1. The van der Waals surface area contributed by atoms with Crippen LogP contribution in [0, 0.1) is 0 Å². The van der Waals surface area contributed by atoms with Gasteiger partial charge in [0, 0.05) is 17.9 Å². The molecule has 1 aliphatic heterocycles. The van der Waals surface area contributed by atoms with Gasteiger partial charge in [-0.2, -0.15) is 0 Å². The lowest BCUT2D eigenvalue weighted by molar-refractivity contribution is 0.0413. The van der Waals surface area contributed by atoms with Crippen molar-refractivity contribution in [2.75, 3.05) is 7.11 Å². The predicted octanol–water partition coefficient (Wildman–Crippen LogP) is 5.68. The van der Waals surface area contributed by atoms with E-state index in [0.29, 0.717) is 0 Å². The Labute approximate surface area is 153 Å². The number of ether oxygens (including phenoxy) is 1. The molecule has 0 radical (unpaired) electrons. The van der Waals surface area contributed by atoms with Gasteiger partial charge >= 0.3 is 0 Å². The summed E-state index contributed by atoms with van der Waals surface area (Å²) in [6.07, 6.45) is 4.60. The fourth-order valence-electron chi connectivity index (χ4n) is 2.95. The van der Waals surface area contributed by atoms with Crippen LogP contribution >= 0.6 is 11.8 Å². The van der Waals surface area contributed by atoms with Gasteiger partial charge in [-0.1, -0.05) is 60.7 Å². The van der Waals surface area contributed by atoms with Crippen LogP contribution in [-0.2, 0) is 4.74 Å². The second-order valence-electron chi connectivity index (χ2n) is 6.36. The Kier molecular flexibility index (Phi) is 5.26. The lowest BCUT2D eigenvalue weighted by atomic mass is 9.93. The van der Waals surface area contributed by atoms with E-state index in [1.54, 1.807) is 18.9 Å². The lowest BCUT2D eigenvalue weighted by Crippen LogP contribution is -2.27. The minimum absolute atomic E-state index is 0.0721. The molecule has 0 bridgehead atoms. The number of hydrogen-bond donors (Lipinski definition) is 0. The molecule has 2 nitrogen and oxygen atoms in total. The molecular formula is C22H22O2S. The van der Waals surface area contributed by atoms with Crippen LogP contribution in [0.2, 0.25) is 0 Å². The number of allylic oxidation sites excluding steroid dienone is 1. The van der Waals surface area contributed by atoms with Gasteiger partial charge in [0.2, 0.25) is 0 Å². The molecule has 2 aromatic rings. The van der Waals surface area contributed by atoms with Crippen LogP contribution in [0.4, 0.5) is 0 Å². The van der Waals surface area contributed by atoms with Gasteiger partial charge < -0.3 is 4.74 Å². The van der Waals surface area contributed by atoms with Crippen LogP contribution in [0.15, 0.2) is 72.2 Å². The van der Waals surface area contributed by atoms with Crippen LogP contribution < -0.4 is 0 Å². The first-order valence-electron chi connectivity index (χ1n) is 8.32. The van der Waals surface area contributed by atoms with Crippen molar-refractivity contribution in [1.82, 2.24) is 0 Å². The Bertz CT molecular complexity index is 810. The first-order valence-corrected chi connectivity index (χ1v) is 9.20. The van der Waals surface area contributed by atoms with E-state index in [1.165, 1.54) is 5.56 Å². The summed E-state index contributed by atoms with van der Waals surface area (Å²) in [5.74, 6) is 0.0721. The molecule has 0 aliphatic carbocycles. The van der Waals surface area contributed by atoms with Crippen molar-refractivity contribution in [3.63, 3.8) is 0 Å². The third kappa shape index (κ3) is 3.78. The van der Waals surface area contributed by atoms with Crippen LogP contribution in [0.3, 0.4) is 0 Å². The summed E-state index contributed by atoms with van der Waals surface area (Å²) >= 11 is 1.62. The molecule has 0 aromatic heterocycles. The number of Topliss-reactive ketones (excluding diaryl/α,β-unsaturated/α-hetero) is 1. The minimum Gasteiger partial charge on any atom is -0.374 e. The average Bonchev–Trinajstić information content (AvgIpc) is 2.67. The maximum atomic E-state index is 12.9. The molecule has 0 N–H and O–H groups in total. The maximum absolute atomic E-state index is 12.9. The summed E-state index contributed by atoms with van der Waals surface area (Å²) in [6, 6.07) is 17.7. The van der Waals surface area contributed by atoms with E-state index in [4.69, 9.17) is 4.74 Å². The van der Waals surface area contributed by atoms with Crippen LogP contribution in [0.25, 0.3) is 6.08 Å². The zero-order valence-corrected chi connectivity index (χ0v) is 15.4. The fourth-order valence-corrected chi connectivity index (χ4v) is 4.43. The molecule has 2 unspecified atom stereocenters. The number of thioether (sulfide) groups is 1. The Morgan fingerprint density at radius 3 is 2.56 bits per heavy atom. The van der Waals surface area contributed by atoms with E-state index in [-0.39, 0.29) is 11.0 Å². The van der Waals surface area contributed by atoms with Crippen molar-refractivity contribution in [3.05, 3.63) is 88.8 Å². The highest BCUT2D eigenvalue weighted by molar-refractivity contribution is 8.04. The SMILES string of the molecule is C=CC(C)(CC1SC(C(=O)c2ccccc2)=Cc2ccccc21)OC. The zero-order chi connectivity index (χ0) is 17.9. The third-order valence-corrected chi connectivity index (χ3v) is 5.91. The summed E-state index contributed by atoms with van der Waals surface area (Å²) in [6.45, 7) is 5.94. The Hall–Kier alpha value is -2.10. The van der Waals surface area contributed by atoms with Crippen molar-refractivity contribution >= 4 is 23.6 Å². The highest BCUT2D eigenvalue weighted by Crippen LogP contribution is 2.47. The van der Waals surface area contributed by atoms with Crippen LogP contribution in [0.5, 0.6) is 0 Å². The van der Waals surface area contributed by atoms with Crippen molar-refractivity contribution < 1.29 is 9.53 Å². The summed E-state index contributed by atoms with van der Waals surface area (Å²) in [7, 11) is 1.70. The van der Waals surface area contributed by atoms with Gasteiger partial charge in [-0.25, -0.2) is 0 Å². The highest BCUT2D eigenvalue weighted by atomic mass is 32.2. The second-order valence-corrected chi connectivity index (χ2v) is 7.61. The van der Waals surface area contributed by atoms with Crippen LogP contribution in [-0.4, -0.2) is 18.5 Å². The molecule has 2 atom stereocenters. The smallest absolute Gasteiger partial charge is 0.199 e. The van der Waals surface area contributed by atoms with E-state index in [2.05, 4.69) is 18.7 Å². The number of methoxy groups -OCH3 is 1. The number of carbonyl (C=O) groups is 1. The Morgan fingerprint density at radius 2 is 1.88 bits per heavy atom. The van der Waals surface area contributed by atoms with Gasteiger partial charge in [0.1, 0.15) is 0 Å². The molecular weight excluding hydrogens is 328 g/mol. The number of hydrogen-bond acceptors (Lipinski definition) is 3. The van der Waals surface area contributed by atoms with Gasteiger partial charge in [-0.05, 0) is 30.5 Å². The summed E-state index contributed by atoms with van der Waals surface area (Å²) in [5.41, 5.74) is 2.64. The molecule has 1 aliphatic rings. The first-order chi connectivity index (χ1) is 12.1. The fraction of sp³-hybridized carbons (Fsp3) is 0.227. The molecule has 25 heavy (non-hydrogen) atoms. The average molecular weight is 350 g/mol. The van der Waals surface area contributed by atoms with E-state index >= 15 is 0 Å². The zero-order valence-electron chi connectivity index (χ0n) is 14.6. The standard InChI is InChI=1S/C22H22O2S/c1-4-22(2,24-3)15-20-18-13-9-8-12-17(18)14-19(25-20)21(23)16-10-6-5-7-11-16/h4-14,20H,1,15H2,2-3H3.